The van der Waals surface area contributed by atoms with Crippen molar-refractivity contribution >= 4 is 15.9 Å². The van der Waals surface area contributed by atoms with E-state index in [2.05, 4.69) is 4.72 Å². The molecule has 0 aromatic heterocycles. The summed E-state index contributed by atoms with van der Waals surface area (Å²) in [5, 5.41) is 0. The molecular formula is C18H29N3O3S. The second-order valence-corrected chi connectivity index (χ2v) is 8.22. The summed E-state index contributed by atoms with van der Waals surface area (Å²) in [5.74, 6) is 0.101. The number of nitrogens with two attached hydrogens (primary N) is 1. The largest absolute Gasteiger partial charge is 0.339 e. The van der Waals surface area contributed by atoms with Gasteiger partial charge in [-0.3, -0.25) is 4.79 Å². The molecule has 7 heteroatoms. The third-order valence-corrected chi connectivity index (χ3v) is 6.49. The SMILES string of the molecule is CCN(CC)C(=O)c1ccc(S(=O)(=O)NC2CCCCC2CN)cc1. The summed E-state index contributed by atoms with van der Waals surface area (Å²) in [6.45, 7) is 5.58. The van der Waals surface area contributed by atoms with Crippen molar-refractivity contribution < 1.29 is 13.2 Å². The Labute approximate surface area is 150 Å². The molecule has 1 fully saturated rings. The number of hydrogen-bond donors (Lipinski definition) is 2. The Morgan fingerprint density at radius 2 is 1.76 bits per heavy atom. The standard InChI is InChI=1S/C18H29N3O3S/c1-3-21(4-2)18(22)14-9-11-16(12-10-14)25(23,24)20-17-8-6-5-7-15(17)13-19/h9-12,15,17,20H,3-8,13,19H2,1-2H3. The average Bonchev–Trinajstić information content (AvgIpc) is 2.63. The van der Waals surface area contributed by atoms with Crippen molar-refractivity contribution in [3.63, 3.8) is 0 Å². The molecule has 0 aliphatic heterocycles. The van der Waals surface area contributed by atoms with Crippen LogP contribution in [0.2, 0.25) is 0 Å². The van der Waals surface area contributed by atoms with E-state index in [9.17, 15) is 13.2 Å². The highest BCUT2D eigenvalue weighted by Crippen LogP contribution is 2.25. The van der Waals surface area contributed by atoms with Gasteiger partial charge in [0.25, 0.3) is 5.91 Å². The van der Waals surface area contributed by atoms with Gasteiger partial charge in [-0.25, -0.2) is 13.1 Å². The first-order valence-corrected chi connectivity index (χ1v) is 10.5. The summed E-state index contributed by atoms with van der Waals surface area (Å²) in [4.78, 5) is 14.2. The molecular weight excluding hydrogens is 338 g/mol. The summed E-state index contributed by atoms with van der Waals surface area (Å²) < 4.78 is 28.1. The minimum absolute atomic E-state index is 0.0858. The molecule has 1 saturated carbocycles. The fourth-order valence-electron chi connectivity index (χ4n) is 3.38. The Morgan fingerprint density at radius 1 is 1.16 bits per heavy atom. The lowest BCUT2D eigenvalue weighted by Crippen LogP contribution is -2.44. The topological polar surface area (TPSA) is 92.5 Å². The Balaban J connectivity index is 2.13. The number of nitrogens with one attached hydrogen (secondary N) is 1. The maximum atomic E-state index is 12.6. The minimum Gasteiger partial charge on any atom is -0.339 e. The molecule has 2 unspecified atom stereocenters. The molecule has 6 nitrogen and oxygen atoms in total. The van der Waals surface area contributed by atoms with Gasteiger partial charge in [0.2, 0.25) is 10.0 Å². The van der Waals surface area contributed by atoms with Crippen molar-refractivity contribution in [2.75, 3.05) is 19.6 Å². The Hall–Kier alpha value is -1.44. The molecule has 1 aliphatic carbocycles. The summed E-state index contributed by atoms with van der Waals surface area (Å²) in [5.41, 5.74) is 6.28. The zero-order valence-electron chi connectivity index (χ0n) is 15.1. The number of carbonyl (C=O) groups is 1. The molecule has 0 heterocycles. The van der Waals surface area contributed by atoms with Crippen LogP contribution in [-0.2, 0) is 10.0 Å². The van der Waals surface area contributed by atoms with E-state index in [0.29, 0.717) is 25.2 Å². The van der Waals surface area contributed by atoms with Crippen LogP contribution in [0, 0.1) is 5.92 Å². The number of carbonyl (C=O) groups excluding carboxylic acids is 1. The molecule has 25 heavy (non-hydrogen) atoms. The van der Waals surface area contributed by atoms with Gasteiger partial charge in [-0.1, -0.05) is 12.8 Å². The van der Waals surface area contributed by atoms with Crippen molar-refractivity contribution in [3.8, 4) is 0 Å². The van der Waals surface area contributed by atoms with Gasteiger partial charge >= 0.3 is 0 Å². The zero-order chi connectivity index (χ0) is 18.4. The van der Waals surface area contributed by atoms with Crippen molar-refractivity contribution in [1.82, 2.24) is 9.62 Å². The minimum atomic E-state index is -3.61. The second kappa shape index (κ2) is 8.78. The van der Waals surface area contributed by atoms with Crippen LogP contribution in [-0.4, -0.2) is 44.9 Å². The van der Waals surface area contributed by atoms with Crippen LogP contribution < -0.4 is 10.5 Å². The quantitative estimate of drug-likeness (QED) is 0.770. The molecule has 0 saturated heterocycles. The molecule has 1 amide bonds. The van der Waals surface area contributed by atoms with E-state index >= 15 is 0 Å². The van der Waals surface area contributed by atoms with Gasteiger partial charge < -0.3 is 10.6 Å². The molecule has 1 aromatic carbocycles. The molecule has 1 aliphatic rings. The van der Waals surface area contributed by atoms with Crippen molar-refractivity contribution in [1.29, 1.82) is 0 Å². The summed E-state index contributed by atoms with van der Waals surface area (Å²) in [6, 6.07) is 6.05. The van der Waals surface area contributed by atoms with Crippen molar-refractivity contribution in [3.05, 3.63) is 29.8 Å². The first kappa shape index (κ1) is 19.9. The monoisotopic (exact) mass is 367 g/mol. The van der Waals surface area contributed by atoms with Gasteiger partial charge in [0.15, 0.2) is 0 Å². The van der Waals surface area contributed by atoms with E-state index < -0.39 is 10.0 Å². The zero-order valence-corrected chi connectivity index (χ0v) is 15.9. The Bertz CT molecular complexity index is 669. The predicted molar refractivity (Wildman–Crippen MR) is 98.8 cm³/mol. The van der Waals surface area contributed by atoms with Crippen molar-refractivity contribution in [2.45, 2.75) is 50.5 Å². The molecule has 1 aromatic rings. The molecule has 3 N–H and O–H groups in total. The lowest BCUT2D eigenvalue weighted by molar-refractivity contribution is 0.0773. The number of hydrogen-bond acceptors (Lipinski definition) is 4. The summed E-state index contributed by atoms with van der Waals surface area (Å²) in [7, 11) is -3.61. The van der Waals surface area contributed by atoms with E-state index in [-0.39, 0.29) is 22.8 Å². The number of nitrogens with zero attached hydrogens (tertiary/aromatic N) is 1. The van der Waals surface area contributed by atoms with Gasteiger partial charge in [0.05, 0.1) is 4.90 Å². The average molecular weight is 368 g/mol. The Morgan fingerprint density at radius 3 is 2.32 bits per heavy atom. The number of benzene rings is 1. The molecule has 2 rings (SSSR count). The van der Waals surface area contributed by atoms with Gasteiger partial charge in [0, 0.05) is 24.7 Å². The van der Waals surface area contributed by atoms with Crippen molar-refractivity contribution in [2.24, 2.45) is 11.7 Å². The number of amides is 1. The van der Waals surface area contributed by atoms with Crippen LogP contribution in [0.5, 0.6) is 0 Å². The highest BCUT2D eigenvalue weighted by Gasteiger charge is 2.28. The summed E-state index contributed by atoms with van der Waals surface area (Å²) >= 11 is 0. The van der Waals surface area contributed by atoms with Crippen LogP contribution >= 0.6 is 0 Å². The van der Waals surface area contributed by atoms with E-state index in [1.807, 2.05) is 13.8 Å². The third kappa shape index (κ3) is 4.80. The lowest BCUT2D eigenvalue weighted by atomic mass is 9.85. The maximum Gasteiger partial charge on any atom is 0.253 e. The molecule has 140 valence electrons. The van der Waals surface area contributed by atoms with Crippen LogP contribution in [0.3, 0.4) is 0 Å². The number of sulfonamides is 1. The molecule has 0 bridgehead atoms. The van der Waals surface area contributed by atoms with Crippen LogP contribution in [0.4, 0.5) is 0 Å². The van der Waals surface area contributed by atoms with E-state index in [1.165, 1.54) is 12.1 Å². The maximum absolute atomic E-state index is 12.6. The number of rotatable bonds is 7. The highest BCUT2D eigenvalue weighted by atomic mass is 32.2. The van der Waals surface area contributed by atoms with Crippen LogP contribution in [0.1, 0.15) is 49.9 Å². The van der Waals surface area contributed by atoms with Crippen LogP contribution in [0.15, 0.2) is 29.2 Å². The Kier molecular flexibility index (Phi) is 6.98. The molecule has 0 radical (unpaired) electrons. The highest BCUT2D eigenvalue weighted by molar-refractivity contribution is 7.89. The first-order chi connectivity index (χ1) is 11.9. The fourth-order valence-corrected chi connectivity index (χ4v) is 4.72. The lowest BCUT2D eigenvalue weighted by Gasteiger charge is -2.31. The van der Waals surface area contributed by atoms with Crippen LogP contribution in [0.25, 0.3) is 0 Å². The van der Waals surface area contributed by atoms with E-state index in [1.54, 1.807) is 17.0 Å². The molecule has 0 spiro atoms. The van der Waals surface area contributed by atoms with E-state index in [0.717, 1.165) is 25.7 Å². The third-order valence-electron chi connectivity index (χ3n) is 4.98. The normalized spacial score (nSPS) is 21.1. The van der Waals surface area contributed by atoms with Gasteiger partial charge in [-0.2, -0.15) is 0 Å². The second-order valence-electron chi connectivity index (χ2n) is 6.51. The van der Waals surface area contributed by atoms with Gasteiger partial charge in [0.1, 0.15) is 0 Å². The molecule has 2 atom stereocenters. The smallest absolute Gasteiger partial charge is 0.253 e. The summed E-state index contributed by atoms with van der Waals surface area (Å²) in [6.07, 6.45) is 3.89. The van der Waals surface area contributed by atoms with Gasteiger partial charge in [-0.15, -0.1) is 0 Å². The predicted octanol–water partition coefficient (Wildman–Crippen LogP) is 1.96. The van der Waals surface area contributed by atoms with Gasteiger partial charge in [-0.05, 0) is 63.4 Å². The first-order valence-electron chi connectivity index (χ1n) is 9.04. The fraction of sp³-hybridized carbons (Fsp3) is 0.611. The van der Waals surface area contributed by atoms with E-state index in [4.69, 9.17) is 5.73 Å².